The number of likely N-dealkylation sites (tertiary alicyclic amines) is 1. The van der Waals surface area contributed by atoms with Crippen LogP contribution in [0, 0.1) is 0 Å². The third kappa shape index (κ3) is 4.01. The van der Waals surface area contributed by atoms with Crippen molar-refractivity contribution in [1.29, 1.82) is 0 Å². The van der Waals surface area contributed by atoms with E-state index in [4.69, 9.17) is 5.11 Å². The van der Waals surface area contributed by atoms with Crippen LogP contribution in [0.2, 0.25) is 0 Å². The molecule has 3 nitrogen and oxygen atoms in total. The molecule has 2 heterocycles. The van der Waals surface area contributed by atoms with Crippen molar-refractivity contribution in [2.24, 2.45) is 0 Å². The Morgan fingerprint density at radius 3 is 2.74 bits per heavy atom. The lowest BCUT2D eigenvalue weighted by Gasteiger charge is -2.36. The molecular weight excluding hydrogens is 306 g/mol. The average Bonchev–Trinajstić information content (AvgIpc) is 3.13. The normalized spacial score (nSPS) is 18.1. The number of benzene rings is 1. The summed E-state index contributed by atoms with van der Waals surface area (Å²) < 4.78 is 0. The first-order chi connectivity index (χ1) is 11.3. The molecule has 1 fully saturated rings. The van der Waals surface area contributed by atoms with Crippen LogP contribution in [0.5, 0.6) is 0 Å². The number of amides is 1. The summed E-state index contributed by atoms with van der Waals surface area (Å²) in [7, 11) is 0. The molecule has 0 unspecified atom stereocenters. The van der Waals surface area contributed by atoms with E-state index >= 15 is 0 Å². The number of carbonyl (C=O) groups is 1. The topological polar surface area (TPSA) is 40.5 Å². The molecule has 0 bridgehead atoms. The maximum absolute atomic E-state index is 12.8. The van der Waals surface area contributed by atoms with Gasteiger partial charge < -0.3 is 10.0 Å². The van der Waals surface area contributed by atoms with Crippen molar-refractivity contribution < 1.29 is 9.90 Å². The summed E-state index contributed by atoms with van der Waals surface area (Å²) in [5, 5.41) is 11.2. The number of aryl methyl sites for hydroxylation is 1. The summed E-state index contributed by atoms with van der Waals surface area (Å²) in [6.07, 6.45) is 5.50. The van der Waals surface area contributed by atoms with Gasteiger partial charge in [-0.2, -0.15) is 0 Å². The fourth-order valence-corrected chi connectivity index (χ4v) is 3.98. The van der Waals surface area contributed by atoms with Crippen molar-refractivity contribution in [2.45, 2.75) is 44.8 Å². The van der Waals surface area contributed by atoms with Gasteiger partial charge in [0.05, 0.1) is 6.61 Å². The van der Waals surface area contributed by atoms with Crippen LogP contribution in [-0.4, -0.2) is 28.5 Å². The van der Waals surface area contributed by atoms with Crippen molar-refractivity contribution in [3.63, 3.8) is 0 Å². The van der Waals surface area contributed by atoms with Gasteiger partial charge in [-0.25, -0.2) is 0 Å². The van der Waals surface area contributed by atoms with Gasteiger partial charge in [0.1, 0.15) is 0 Å². The van der Waals surface area contributed by atoms with Gasteiger partial charge in [-0.15, -0.1) is 11.3 Å². The molecule has 1 aromatic carbocycles. The summed E-state index contributed by atoms with van der Waals surface area (Å²) >= 11 is 1.79. The zero-order chi connectivity index (χ0) is 16.1. The monoisotopic (exact) mass is 329 g/mol. The van der Waals surface area contributed by atoms with Gasteiger partial charge in [0.25, 0.3) is 5.91 Å². The molecule has 1 aliphatic rings. The van der Waals surface area contributed by atoms with Gasteiger partial charge in [0.15, 0.2) is 0 Å². The Kier molecular flexibility index (Phi) is 5.47. The second-order valence-electron chi connectivity index (χ2n) is 6.12. The first-order valence-electron chi connectivity index (χ1n) is 8.31. The Morgan fingerprint density at radius 2 is 2.04 bits per heavy atom. The highest BCUT2D eigenvalue weighted by Crippen LogP contribution is 2.24. The van der Waals surface area contributed by atoms with E-state index in [1.807, 2.05) is 24.3 Å². The van der Waals surface area contributed by atoms with E-state index in [2.05, 4.69) is 22.4 Å². The minimum atomic E-state index is 0.0155. The molecule has 1 aliphatic heterocycles. The van der Waals surface area contributed by atoms with Crippen LogP contribution in [0.4, 0.5) is 0 Å². The summed E-state index contributed by atoms with van der Waals surface area (Å²) in [6, 6.07) is 11.9. The van der Waals surface area contributed by atoms with Crippen molar-refractivity contribution in [1.82, 2.24) is 4.90 Å². The van der Waals surface area contributed by atoms with E-state index in [-0.39, 0.29) is 12.5 Å². The largest absolute Gasteiger partial charge is 0.392 e. The van der Waals surface area contributed by atoms with Crippen LogP contribution in [0.3, 0.4) is 0 Å². The summed E-state index contributed by atoms with van der Waals surface area (Å²) in [5.41, 5.74) is 1.57. The number of aliphatic hydroxyl groups is 1. The lowest BCUT2D eigenvalue weighted by molar-refractivity contribution is 0.0602. The fourth-order valence-electron chi connectivity index (χ4n) is 3.25. The van der Waals surface area contributed by atoms with E-state index in [1.165, 1.54) is 11.3 Å². The highest BCUT2D eigenvalue weighted by Gasteiger charge is 2.27. The molecule has 122 valence electrons. The van der Waals surface area contributed by atoms with E-state index in [0.29, 0.717) is 6.04 Å². The molecule has 23 heavy (non-hydrogen) atoms. The maximum atomic E-state index is 12.8. The Hall–Kier alpha value is -1.65. The quantitative estimate of drug-likeness (QED) is 0.904. The zero-order valence-corrected chi connectivity index (χ0v) is 14.1. The number of carbonyl (C=O) groups excluding carboxylic acids is 1. The van der Waals surface area contributed by atoms with E-state index < -0.39 is 0 Å². The van der Waals surface area contributed by atoms with E-state index in [9.17, 15) is 4.79 Å². The predicted octanol–water partition coefficient (Wildman–Crippen LogP) is 3.87. The molecule has 3 rings (SSSR count). The number of aliphatic hydroxyl groups excluding tert-OH is 1. The molecule has 1 aromatic heterocycles. The molecule has 0 spiro atoms. The van der Waals surface area contributed by atoms with Gasteiger partial charge in [0, 0.05) is 23.0 Å². The molecule has 1 atom stereocenters. The second-order valence-corrected chi connectivity index (χ2v) is 7.15. The van der Waals surface area contributed by atoms with Crippen molar-refractivity contribution in [2.75, 3.05) is 6.54 Å². The number of piperidine rings is 1. The molecule has 0 aliphatic carbocycles. The number of thiophene rings is 1. The minimum Gasteiger partial charge on any atom is -0.392 e. The molecule has 0 radical (unpaired) electrons. The van der Waals surface area contributed by atoms with Crippen LogP contribution >= 0.6 is 11.3 Å². The Labute approximate surface area is 141 Å². The Morgan fingerprint density at radius 1 is 1.22 bits per heavy atom. The molecule has 2 aromatic rings. The zero-order valence-electron chi connectivity index (χ0n) is 13.3. The van der Waals surface area contributed by atoms with Crippen LogP contribution in [-0.2, 0) is 13.0 Å². The molecular formula is C19H23NO2S. The number of rotatable bonds is 5. The van der Waals surface area contributed by atoms with Gasteiger partial charge in [-0.05, 0) is 61.2 Å². The number of nitrogens with zero attached hydrogens (tertiary/aromatic N) is 1. The van der Waals surface area contributed by atoms with Crippen molar-refractivity contribution in [3.05, 3.63) is 57.8 Å². The Balaban J connectivity index is 1.67. The average molecular weight is 329 g/mol. The minimum absolute atomic E-state index is 0.0155. The predicted molar refractivity (Wildman–Crippen MR) is 93.7 cm³/mol. The number of hydrogen-bond acceptors (Lipinski definition) is 3. The van der Waals surface area contributed by atoms with Crippen LogP contribution in [0.1, 0.15) is 46.5 Å². The summed E-state index contributed by atoms with van der Waals surface area (Å²) in [4.78, 5) is 16.3. The molecule has 0 saturated carbocycles. The fraction of sp³-hybridized carbons (Fsp3) is 0.421. The SMILES string of the molecule is O=C(c1ccc(CO)cc1)N1CCCC[C@H]1CCc1cccs1. The van der Waals surface area contributed by atoms with Gasteiger partial charge >= 0.3 is 0 Å². The van der Waals surface area contributed by atoms with Crippen LogP contribution in [0.15, 0.2) is 41.8 Å². The lowest BCUT2D eigenvalue weighted by atomic mass is 9.96. The third-order valence-corrected chi connectivity index (χ3v) is 5.51. The lowest BCUT2D eigenvalue weighted by Crippen LogP contribution is -2.44. The first kappa shape index (κ1) is 16.2. The van der Waals surface area contributed by atoms with Crippen LogP contribution in [0.25, 0.3) is 0 Å². The molecule has 4 heteroatoms. The second kappa shape index (κ2) is 7.75. The summed E-state index contributed by atoms with van der Waals surface area (Å²) in [5.74, 6) is 0.130. The van der Waals surface area contributed by atoms with Gasteiger partial charge in [-0.3, -0.25) is 4.79 Å². The maximum Gasteiger partial charge on any atom is 0.254 e. The number of hydrogen-bond donors (Lipinski definition) is 1. The van der Waals surface area contributed by atoms with E-state index in [0.717, 1.165) is 43.4 Å². The highest BCUT2D eigenvalue weighted by atomic mass is 32.1. The highest BCUT2D eigenvalue weighted by molar-refractivity contribution is 7.09. The Bertz CT molecular complexity index is 621. The standard InChI is InChI=1S/C19H23NO2S/c21-14-15-6-8-16(9-7-15)19(22)20-12-2-1-4-17(20)10-11-18-5-3-13-23-18/h3,5-9,13,17,21H,1-2,4,10-12,14H2/t17-/m0/s1. The molecule has 1 saturated heterocycles. The van der Waals surface area contributed by atoms with Crippen molar-refractivity contribution in [3.8, 4) is 0 Å². The summed E-state index contributed by atoms with van der Waals surface area (Å²) in [6.45, 7) is 0.872. The van der Waals surface area contributed by atoms with Gasteiger partial charge in [0.2, 0.25) is 0 Å². The van der Waals surface area contributed by atoms with E-state index in [1.54, 1.807) is 11.3 Å². The third-order valence-electron chi connectivity index (χ3n) is 4.58. The first-order valence-corrected chi connectivity index (χ1v) is 9.19. The molecule has 1 amide bonds. The molecule has 1 N–H and O–H groups in total. The van der Waals surface area contributed by atoms with Crippen LogP contribution < -0.4 is 0 Å². The smallest absolute Gasteiger partial charge is 0.254 e. The van der Waals surface area contributed by atoms with Gasteiger partial charge in [-0.1, -0.05) is 18.2 Å². The van der Waals surface area contributed by atoms with Crippen molar-refractivity contribution >= 4 is 17.2 Å².